The van der Waals surface area contributed by atoms with Gasteiger partial charge in [0.05, 0.1) is 17.1 Å². The maximum absolute atomic E-state index is 10.8. The van der Waals surface area contributed by atoms with Crippen molar-refractivity contribution in [3.05, 3.63) is 44.6 Å². The largest absolute Gasteiger partial charge is 0.495 e. The minimum atomic E-state index is -0.896. The molecule has 1 aromatic heterocycles. The topological polar surface area (TPSA) is 58.6 Å². The zero-order chi connectivity index (χ0) is 13.8. The highest BCUT2D eigenvalue weighted by Crippen LogP contribution is 2.28. The lowest BCUT2D eigenvalue weighted by Crippen LogP contribution is -1.98. The van der Waals surface area contributed by atoms with E-state index in [1.54, 1.807) is 18.6 Å². The third-order valence-corrected chi connectivity index (χ3v) is 4.11. The Bertz CT molecular complexity index is 597. The molecule has 2 rings (SSSR count). The minimum absolute atomic E-state index is 0.329. The Hall–Kier alpha value is -1.53. The summed E-state index contributed by atoms with van der Waals surface area (Å²) in [5.74, 6) is -0.143. The number of carboxylic acids is 1. The molecule has 100 valence electrons. The SMILES string of the molecule is COc1cc(NCc2cc(C(=O)O)cs2)ccc1Br. The van der Waals surface area contributed by atoms with Crippen LogP contribution in [0.2, 0.25) is 0 Å². The number of aromatic carboxylic acids is 1. The standard InChI is InChI=1S/C13H12BrNO3S/c1-18-12-5-9(2-3-11(12)14)15-6-10-4-8(7-19-10)13(16)17/h2-5,7,15H,6H2,1H3,(H,16,17). The lowest BCUT2D eigenvalue weighted by molar-refractivity contribution is 0.0697. The van der Waals surface area contributed by atoms with Crippen molar-refractivity contribution in [3.8, 4) is 5.75 Å². The zero-order valence-corrected chi connectivity index (χ0v) is 12.5. The first-order chi connectivity index (χ1) is 9.10. The fraction of sp³-hybridized carbons (Fsp3) is 0.154. The van der Waals surface area contributed by atoms with Crippen molar-refractivity contribution in [2.45, 2.75) is 6.54 Å². The Morgan fingerprint density at radius 2 is 2.26 bits per heavy atom. The maximum Gasteiger partial charge on any atom is 0.336 e. The predicted octanol–water partition coefficient (Wildman–Crippen LogP) is 3.83. The highest BCUT2D eigenvalue weighted by atomic mass is 79.9. The Labute approximate surface area is 123 Å². The molecule has 0 atom stereocenters. The maximum atomic E-state index is 10.8. The highest BCUT2D eigenvalue weighted by molar-refractivity contribution is 9.10. The van der Waals surface area contributed by atoms with Gasteiger partial charge in [-0.3, -0.25) is 0 Å². The molecule has 0 saturated heterocycles. The number of nitrogens with one attached hydrogen (secondary N) is 1. The van der Waals surface area contributed by atoms with E-state index in [4.69, 9.17) is 9.84 Å². The van der Waals surface area contributed by atoms with E-state index in [0.29, 0.717) is 12.1 Å². The summed E-state index contributed by atoms with van der Waals surface area (Å²) in [5.41, 5.74) is 1.25. The third-order valence-electron chi connectivity index (χ3n) is 2.52. The Morgan fingerprint density at radius 1 is 1.47 bits per heavy atom. The van der Waals surface area contributed by atoms with Crippen molar-refractivity contribution in [1.29, 1.82) is 0 Å². The molecule has 4 nitrogen and oxygen atoms in total. The molecule has 0 saturated carbocycles. The highest BCUT2D eigenvalue weighted by Gasteiger charge is 2.07. The minimum Gasteiger partial charge on any atom is -0.495 e. The third kappa shape index (κ3) is 3.48. The monoisotopic (exact) mass is 341 g/mol. The zero-order valence-electron chi connectivity index (χ0n) is 10.1. The van der Waals surface area contributed by atoms with Crippen molar-refractivity contribution >= 4 is 38.9 Å². The van der Waals surface area contributed by atoms with Gasteiger partial charge >= 0.3 is 5.97 Å². The van der Waals surface area contributed by atoms with E-state index in [0.717, 1.165) is 20.8 Å². The van der Waals surface area contributed by atoms with E-state index in [2.05, 4.69) is 21.2 Å². The fourth-order valence-corrected chi connectivity index (χ4v) is 2.75. The van der Waals surface area contributed by atoms with Crippen LogP contribution >= 0.6 is 27.3 Å². The van der Waals surface area contributed by atoms with E-state index < -0.39 is 5.97 Å². The van der Waals surface area contributed by atoms with Gasteiger partial charge in [-0.15, -0.1) is 11.3 Å². The molecular weight excluding hydrogens is 330 g/mol. The molecule has 1 aromatic carbocycles. The first-order valence-corrected chi connectivity index (χ1v) is 7.15. The molecule has 0 amide bonds. The molecule has 2 N–H and O–H groups in total. The summed E-state index contributed by atoms with van der Waals surface area (Å²) in [6, 6.07) is 7.39. The van der Waals surface area contributed by atoms with Crippen LogP contribution in [-0.4, -0.2) is 18.2 Å². The molecule has 0 radical (unpaired) electrons. The van der Waals surface area contributed by atoms with E-state index >= 15 is 0 Å². The van der Waals surface area contributed by atoms with Gasteiger partial charge in [-0.05, 0) is 34.1 Å². The molecule has 6 heteroatoms. The molecule has 0 fully saturated rings. The van der Waals surface area contributed by atoms with Gasteiger partial charge in [-0.2, -0.15) is 0 Å². The Balaban J connectivity index is 2.03. The molecule has 1 heterocycles. The van der Waals surface area contributed by atoms with E-state index in [1.165, 1.54) is 11.3 Å². The molecule has 0 bridgehead atoms. The van der Waals surface area contributed by atoms with Crippen molar-refractivity contribution in [2.24, 2.45) is 0 Å². The predicted molar refractivity (Wildman–Crippen MR) is 79.3 cm³/mol. The van der Waals surface area contributed by atoms with Gasteiger partial charge in [-0.25, -0.2) is 4.79 Å². The summed E-state index contributed by atoms with van der Waals surface area (Å²) in [6.45, 7) is 0.586. The number of ether oxygens (including phenoxy) is 1. The van der Waals surface area contributed by atoms with Crippen LogP contribution in [0.25, 0.3) is 0 Å². The van der Waals surface area contributed by atoms with Crippen molar-refractivity contribution in [1.82, 2.24) is 0 Å². The number of carboxylic acid groups (broad SMARTS) is 1. The van der Waals surface area contributed by atoms with E-state index in [9.17, 15) is 4.79 Å². The average Bonchev–Trinajstić information content (AvgIpc) is 2.87. The number of anilines is 1. The smallest absolute Gasteiger partial charge is 0.336 e. The van der Waals surface area contributed by atoms with Gasteiger partial charge in [-0.1, -0.05) is 0 Å². The second-order valence-corrected chi connectivity index (χ2v) is 5.66. The van der Waals surface area contributed by atoms with Crippen molar-refractivity contribution in [3.63, 3.8) is 0 Å². The van der Waals surface area contributed by atoms with Gasteiger partial charge in [0.1, 0.15) is 5.75 Å². The second-order valence-electron chi connectivity index (χ2n) is 3.81. The summed E-state index contributed by atoms with van der Waals surface area (Å²) >= 11 is 4.82. The molecule has 0 aliphatic rings. The van der Waals surface area contributed by atoms with Gasteiger partial charge < -0.3 is 15.2 Å². The van der Waals surface area contributed by atoms with Gasteiger partial charge in [0, 0.05) is 28.6 Å². The van der Waals surface area contributed by atoms with E-state index in [-0.39, 0.29) is 0 Å². The van der Waals surface area contributed by atoms with Crippen LogP contribution in [0.3, 0.4) is 0 Å². The van der Waals surface area contributed by atoms with Crippen LogP contribution in [0.15, 0.2) is 34.1 Å². The van der Waals surface area contributed by atoms with Crippen LogP contribution < -0.4 is 10.1 Å². The molecule has 0 aliphatic heterocycles. The van der Waals surface area contributed by atoms with Crippen LogP contribution in [0, 0.1) is 0 Å². The van der Waals surface area contributed by atoms with Crippen molar-refractivity contribution in [2.75, 3.05) is 12.4 Å². The average molecular weight is 342 g/mol. The molecular formula is C13H12BrNO3S. The molecule has 0 spiro atoms. The lowest BCUT2D eigenvalue weighted by atomic mass is 10.3. The second kappa shape index (κ2) is 6.08. The van der Waals surface area contributed by atoms with Crippen LogP contribution in [0.1, 0.15) is 15.2 Å². The number of thiophene rings is 1. The first kappa shape index (κ1) is 13.9. The first-order valence-electron chi connectivity index (χ1n) is 5.48. The van der Waals surface area contributed by atoms with Crippen LogP contribution in [-0.2, 0) is 6.54 Å². The number of hydrogen-bond donors (Lipinski definition) is 2. The van der Waals surface area contributed by atoms with Gasteiger partial charge in [0.25, 0.3) is 0 Å². The van der Waals surface area contributed by atoms with Crippen LogP contribution in [0.4, 0.5) is 5.69 Å². The van der Waals surface area contributed by atoms with Crippen molar-refractivity contribution < 1.29 is 14.6 Å². The summed E-state index contributed by atoms with van der Waals surface area (Å²) < 4.78 is 6.10. The number of carbonyl (C=O) groups is 1. The Kier molecular flexibility index (Phi) is 4.44. The molecule has 2 aromatic rings. The van der Waals surface area contributed by atoms with E-state index in [1.807, 2.05) is 18.2 Å². The van der Waals surface area contributed by atoms with Gasteiger partial charge in [0.2, 0.25) is 0 Å². The number of hydrogen-bond acceptors (Lipinski definition) is 4. The fourth-order valence-electron chi connectivity index (χ4n) is 1.54. The Morgan fingerprint density at radius 3 is 2.89 bits per heavy atom. The summed E-state index contributed by atoms with van der Waals surface area (Å²) in [5, 5.41) is 13.7. The summed E-state index contributed by atoms with van der Waals surface area (Å²) in [7, 11) is 1.61. The van der Waals surface area contributed by atoms with Gasteiger partial charge in [0.15, 0.2) is 0 Å². The summed E-state index contributed by atoms with van der Waals surface area (Å²) in [6.07, 6.45) is 0. The normalized spacial score (nSPS) is 10.2. The number of methoxy groups -OCH3 is 1. The number of halogens is 1. The molecule has 19 heavy (non-hydrogen) atoms. The van der Waals surface area contributed by atoms with Crippen LogP contribution in [0.5, 0.6) is 5.75 Å². The number of benzene rings is 1. The quantitative estimate of drug-likeness (QED) is 0.867. The lowest BCUT2D eigenvalue weighted by Gasteiger charge is -2.08. The number of rotatable bonds is 5. The molecule has 0 unspecified atom stereocenters. The molecule has 0 aliphatic carbocycles. The summed E-state index contributed by atoms with van der Waals surface area (Å²) in [4.78, 5) is 11.7.